The van der Waals surface area contributed by atoms with Crippen LogP contribution in [0.2, 0.25) is 0 Å². The molecule has 0 bridgehead atoms. The second-order valence-electron chi connectivity index (χ2n) is 4.54. The normalized spacial score (nSPS) is 12.1. The summed E-state index contributed by atoms with van der Waals surface area (Å²) in [4.78, 5) is 11.9. The van der Waals surface area contributed by atoms with Crippen molar-refractivity contribution in [3.8, 4) is 11.5 Å². The van der Waals surface area contributed by atoms with Crippen LogP contribution in [0.25, 0.3) is 0 Å². The summed E-state index contributed by atoms with van der Waals surface area (Å²) in [5.41, 5.74) is 3.17. The van der Waals surface area contributed by atoms with Crippen molar-refractivity contribution in [2.24, 2.45) is 5.10 Å². The SMILES string of the molecule is C[C@H](Oc1cccc(Br)c1)C(=O)N/N=C\c1ccc(O)cc1. The Morgan fingerprint density at radius 2 is 2.05 bits per heavy atom. The molecular weight excluding hydrogens is 348 g/mol. The van der Waals surface area contributed by atoms with Crippen molar-refractivity contribution in [2.45, 2.75) is 13.0 Å². The van der Waals surface area contributed by atoms with Crippen LogP contribution in [0, 0.1) is 0 Å². The molecular formula is C16H15BrN2O3. The summed E-state index contributed by atoms with van der Waals surface area (Å²) in [5, 5.41) is 13.0. The van der Waals surface area contributed by atoms with Gasteiger partial charge in [0.1, 0.15) is 11.5 Å². The van der Waals surface area contributed by atoms with Gasteiger partial charge in [0.2, 0.25) is 0 Å². The lowest BCUT2D eigenvalue weighted by atomic mass is 10.2. The number of amides is 1. The number of carbonyl (C=O) groups is 1. The summed E-state index contributed by atoms with van der Waals surface area (Å²) in [6.07, 6.45) is 0.814. The van der Waals surface area contributed by atoms with E-state index in [0.29, 0.717) is 5.75 Å². The van der Waals surface area contributed by atoms with E-state index < -0.39 is 6.10 Å². The number of benzene rings is 2. The van der Waals surface area contributed by atoms with Crippen molar-refractivity contribution in [2.75, 3.05) is 0 Å². The first-order valence-electron chi connectivity index (χ1n) is 6.59. The van der Waals surface area contributed by atoms with Crippen LogP contribution >= 0.6 is 15.9 Å². The van der Waals surface area contributed by atoms with E-state index >= 15 is 0 Å². The highest BCUT2D eigenvalue weighted by molar-refractivity contribution is 9.10. The van der Waals surface area contributed by atoms with Gasteiger partial charge in [0, 0.05) is 4.47 Å². The van der Waals surface area contributed by atoms with Gasteiger partial charge in [0.05, 0.1) is 6.21 Å². The summed E-state index contributed by atoms with van der Waals surface area (Å²) < 4.78 is 6.40. The van der Waals surface area contributed by atoms with Crippen LogP contribution in [-0.4, -0.2) is 23.3 Å². The van der Waals surface area contributed by atoms with Gasteiger partial charge in [-0.1, -0.05) is 22.0 Å². The molecule has 6 heteroatoms. The second-order valence-corrected chi connectivity index (χ2v) is 5.46. The maximum Gasteiger partial charge on any atom is 0.280 e. The predicted octanol–water partition coefficient (Wildman–Crippen LogP) is 3.07. The quantitative estimate of drug-likeness (QED) is 0.634. The van der Waals surface area contributed by atoms with E-state index in [-0.39, 0.29) is 11.7 Å². The highest BCUT2D eigenvalue weighted by atomic mass is 79.9. The fourth-order valence-corrected chi connectivity index (χ4v) is 2.00. The summed E-state index contributed by atoms with van der Waals surface area (Å²) in [5.74, 6) is 0.423. The Morgan fingerprint density at radius 3 is 2.73 bits per heavy atom. The van der Waals surface area contributed by atoms with Gasteiger partial charge in [-0.05, 0) is 55.0 Å². The Hall–Kier alpha value is -2.34. The van der Waals surface area contributed by atoms with Crippen LogP contribution in [0.3, 0.4) is 0 Å². The van der Waals surface area contributed by atoms with Crippen LogP contribution in [-0.2, 0) is 4.79 Å². The minimum Gasteiger partial charge on any atom is -0.508 e. The molecule has 0 saturated heterocycles. The highest BCUT2D eigenvalue weighted by Gasteiger charge is 2.13. The fourth-order valence-electron chi connectivity index (χ4n) is 1.62. The lowest BCUT2D eigenvalue weighted by Crippen LogP contribution is -2.33. The lowest BCUT2D eigenvalue weighted by Gasteiger charge is -2.12. The third-order valence-corrected chi connectivity index (χ3v) is 3.25. The molecule has 2 N–H and O–H groups in total. The number of rotatable bonds is 5. The minimum atomic E-state index is -0.675. The number of phenols is 1. The molecule has 1 atom stereocenters. The van der Waals surface area contributed by atoms with Gasteiger partial charge >= 0.3 is 0 Å². The Labute approximate surface area is 136 Å². The van der Waals surface area contributed by atoms with Crippen molar-refractivity contribution in [1.29, 1.82) is 0 Å². The molecule has 0 aliphatic rings. The molecule has 2 aromatic rings. The number of carbonyl (C=O) groups excluding carboxylic acids is 1. The van der Waals surface area contributed by atoms with Crippen LogP contribution in [0.1, 0.15) is 12.5 Å². The van der Waals surface area contributed by atoms with Gasteiger partial charge in [-0.25, -0.2) is 5.43 Å². The Kier molecular flexibility index (Phi) is 5.55. The first-order chi connectivity index (χ1) is 10.5. The molecule has 0 radical (unpaired) electrons. The van der Waals surface area contributed by atoms with Gasteiger partial charge in [-0.15, -0.1) is 0 Å². The number of phenolic OH excluding ortho intramolecular Hbond substituents is 1. The predicted molar refractivity (Wildman–Crippen MR) is 88.1 cm³/mol. The first-order valence-corrected chi connectivity index (χ1v) is 7.38. The van der Waals surface area contributed by atoms with E-state index in [9.17, 15) is 4.79 Å². The van der Waals surface area contributed by atoms with Gasteiger partial charge in [-0.3, -0.25) is 4.79 Å². The number of nitrogens with one attached hydrogen (secondary N) is 1. The number of hydrogen-bond acceptors (Lipinski definition) is 4. The van der Waals surface area contributed by atoms with Gasteiger partial charge in [-0.2, -0.15) is 5.10 Å². The fraction of sp³-hybridized carbons (Fsp3) is 0.125. The summed E-state index contributed by atoms with van der Waals surface area (Å²) in [6.45, 7) is 1.65. The molecule has 0 aliphatic heterocycles. The van der Waals surface area contributed by atoms with E-state index in [1.54, 1.807) is 43.3 Å². The van der Waals surface area contributed by atoms with E-state index in [1.165, 1.54) is 6.21 Å². The third kappa shape index (κ3) is 4.89. The molecule has 114 valence electrons. The number of halogens is 1. The molecule has 0 fully saturated rings. The molecule has 5 nitrogen and oxygen atoms in total. The van der Waals surface area contributed by atoms with Gasteiger partial charge < -0.3 is 9.84 Å². The van der Waals surface area contributed by atoms with E-state index in [1.807, 2.05) is 12.1 Å². The lowest BCUT2D eigenvalue weighted by molar-refractivity contribution is -0.127. The van der Waals surface area contributed by atoms with Gasteiger partial charge in [0.25, 0.3) is 5.91 Å². The maximum atomic E-state index is 11.9. The maximum absolute atomic E-state index is 11.9. The third-order valence-electron chi connectivity index (χ3n) is 2.76. The average molecular weight is 363 g/mol. The number of nitrogens with zero attached hydrogens (tertiary/aromatic N) is 1. The van der Waals surface area contributed by atoms with E-state index in [4.69, 9.17) is 9.84 Å². The second kappa shape index (κ2) is 7.61. The Bertz CT molecular complexity index is 671. The van der Waals surface area contributed by atoms with Crippen molar-refractivity contribution in [1.82, 2.24) is 5.43 Å². The summed E-state index contributed by atoms with van der Waals surface area (Å²) >= 11 is 3.34. The zero-order valence-corrected chi connectivity index (χ0v) is 13.4. The summed E-state index contributed by atoms with van der Waals surface area (Å²) in [7, 11) is 0. The molecule has 1 amide bonds. The summed E-state index contributed by atoms with van der Waals surface area (Å²) in [6, 6.07) is 13.7. The highest BCUT2D eigenvalue weighted by Crippen LogP contribution is 2.18. The number of aromatic hydroxyl groups is 1. The number of ether oxygens (including phenoxy) is 1. The zero-order valence-electron chi connectivity index (χ0n) is 11.9. The molecule has 0 spiro atoms. The average Bonchev–Trinajstić information content (AvgIpc) is 2.49. The van der Waals surface area contributed by atoms with Crippen molar-refractivity contribution >= 4 is 28.1 Å². The van der Waals surface area contributed by atoms with Crippen LogP contribution in [0.4, 0.5) is 0 Å². The zero-order chi connectivity index (χ0) is 15.9. The molecule has 0 aromatic heterocycles. The van der Waals surface area contributed by atoms with E-state index in [2.05, 4.69) is 26.5 Å². The Morgan fingerprint density at radius 1 is 1.32 bits per heavy atom. The topological polar surface area (TPSA) is 70.9 Å². The molecule has 0 heterocycles. The monoisotopic (exact) mass is 362 g/mol. The molecule has 2 rings (SSSR count). The van der Waals surface area contributed by atoms with Crippen molar-refractivity contribution in [3.63, 3.8) is 0 Å². The smallest absolute Gasteiger partial charge is 0.280 e. The van der Waals surface area contributed by atoms with Crippen LogP contribution < -0.4 is 10.2 Å². The van der Waals surface area contributed by atoms with Gasteiger partial charge in [0.15, 0.2) is 6.10 Å². The van der Waals surface area contributed by atoms with Crippen LogP contribution in [0.5, 0.6) is 11.5 Å². The molecule has 2 aromatic carbocycles. The van der Waals surface area contributed by atoms with E-state index in [0.717, 1.165) is 10.0 Å². The molecule has 0 unspecified atom stereocenters. The molecule has 0 saturated carbocycles. The molecule has 22 heavy (non-hydrogen) atoms. The molecule has 0 aliphatic carbocycles. The van der Waals surface area contributed by atoms with Crippen LogP contribution in [0.15, 0.2) is 58.1 Å². The number of hydrogen-bond donors (Lipinski definition) is 2. The first kappa shape index (κ1) is 16.0. The minimum absolute atomic E-state index is 0.178. The standard InChI is InChI=1S/C16H15BrN2O3/c1-11(22-15-4-2-3-13(17)9-15)16(21)19-18-10-12-5-7-14(20)8-6-12/h2-11,20H,1H3,(H,19,21)/b18-10-/t11-/m0/s1. The van der Waals surface area contributed by atoms with Crippen molar-refractivity contribution in [3.05, 3.63) is 58.6 Å². The van der Waals surface area contributed by atoms with Crippen molar-refractivity contribution < 1.29 is 14.6 Å². The number of hydrazone groups is 1. The Balaban J connectivity index is 1.87. The largest absolute Gasteiger partial charge is 0.508 e.